The molecule has 1 saturated carbocycles. The fourth-order valence-electron chi connectivity index (χ4n) is 3.72. The van der Waals surface area contributed by atoms with Gasteiger partial charge in [0.1, 0.15) is 0 Å². The molecular formula is C18H23N3OS. The number of hydrogen-bond donors (Lipinski definition) is 1. The van der Waals surface area contributed by atoms with Crippen LogP contribution in [0.1, 0.15) is 38.5 Å². The number of fused-ring (bicyclic) bond motifs is 1. The van der Waals surface area contributed by atoms with E-state index in [-0.39, 0.29) is 11.8 Å². The number of para-hydroxylation sites is 1. The number of nitrogens with one attached hydrogen (secondary N) is 1. The highest BCUT2D eigenvalue weighted by molar-refractivity contribution is 7.22. The number of carbonyl (C=O) groups is 1. The maximum absolute atomic E-state index is 12.4. The molecule has 0 atom stereocenters. The highest BCUT2D eigenvalue weighted by Gasteiger charge is 2.28. The van der Waals surface area contributed by atoms with Gasteiger partial charge in [0.15, 0.2) is 5.13 Å². The zero-order chi connectivity index (χ0) is 15.6. The van der Waals surface area contributed by atoms with Crippen LogP contribution in [0.4, 0.5) is 5.13 Å². The van der Waals surface area contributed by atoms with Crippen LogP contribution in [-0.4, -0.2) is 30.0 Å². The van der Waals surface area contributed by atoms with E-state index in [1.165, 1.54) is 17.5 Å². The first-order valence-electron chi connectivity index (χ1n) is 8.70. The second-order valence-electron chi connectivity index (χ2n) is 6.72. The number of benzene rings is 1. The Kier molecular flexibility index (Phi) is 4.21. The van der Waals surface area contributed by atoms with Gasteiger partial charge in [-0.15, -0.1) is 0 Å². The van der Waals surface area contributed by atoms with Crippen molar-refractivity contribution < 1.29 is 4.79 Å². The predicted molar refractivity (Wildman–Crippen MR) is 95.0 cm³/mol. The zero-order valence-corrected chi connectivity index (χ0v) is 14.1. The molecule has 4 rings (SSSR count). The van der Waals surface area contributed by atoms with Crippen LogP contribution in [0.2, 0.25) is 0 Å². The zero-order valence-electron chi connectivity index (χ0n) is 13.3. The molecule has 1 aromatic heterocycles. The summed E-state index contributed by atoms with van der Waals surface area (Å²) < 4.78 is 1.24. The maximum Gasteiger partial charge on any atom is 0.223 e. The molecule has 0 unspecified atom stereocenters. The lowest BCUT2D eigenvalue weighted by molar-refractivity contribution is -0.126. The Labute approximate surface area is 140 Å². The second kappa shape index (κ2) is 6.48. The molecule has 1 saturated heterocycles. The van der Waals surface area contributed by atoms with E-state index in [0.717, 1.165) is 49.4 Å². The van der Waals surface area contributed by atoms with E-state index in [2.05, 4.69) is 28.4 Å². The van der Waals surface area contributed by atoms with Gasteiger partial charge in [-0.1, -0.05) is 36.3 Å². The lowest BCUT2D eigenvalue weighted by atomic mass is 9.96. The van der Waals surface area contributed by atoms with Gasteiger partial charge in [-0.25, -0.2) is 4.98 Å². The van der Waals surface area contributed by atoms with Crippen LogP contribution in [0, 0.1) is 5.92 Å². The number of anilines is 1. The highest BCUT2D eigenvalue weighted by Crippen LogP contribution is 2.31. The molecule has 2 aromatic rings. The smallest absolute Gasteiger partial charge is 0.223 e. The van der Waals surface area contributed by atoms with Gasteiger partial charge in [0.05, 0.1) is 10.2 Å². The Morgan fingerprint density at radius 1 is 1.13 bits per heavy atom. The Bertz CT molecular complexity index is 651. The molecule has 122 valence electrons. The third-order valence-electron chi connectivity index (χ3n) is 5.12. The molecule has 2 aliphatic rings. The average molecular weight is 329 g/mol. The molecule has 2 fully saturated rings. The van der Waals surface area contributed by atoms with Gasteiger partial charge in [-0.3, -0.25) is 4.79 Å². The molecule has 1 aliphatic carbocycles. The van der Waals surface area contributed by atoms with Crippen molar-refractivity contribution in [2.75, 3.05) is 18.0 Å². The summed E-state index contributed by atoms with van der Waals surface area (Å²) in [5.41, 5.74) is 1.08. The van der Waals surface area contributed by atoms with Crippen LogP contribution >= 0.6 is 11.3 Å². The molecule has 4 nitrogen and oxygen atoms in total. The first kappa shape index (κ1) is 14.9. The summed E-state index contributed by atoms with van der Waals surface area (Å²) >= 11 is 1.75. The molecule has 1 aromatic carbocycles. The summed E-state index contributed by atoms with van der Waals surface area (Å²) in [4.78, 5) is 19.5. The number of carbonyl (C=O) groups excluding carboxylic acids is 1. The summed E-state index contributed by atoms with van der Waals surface area (Å²) in [6.45, 7) is 1.87. The normalized spacial score (nSPS) is 20.3. The Morgan fingerprint density at radius 3 is 2.61 bits per heavy atom. The molecule has 1 N–H and O–H groups in total. The number of piperidine rings is 1. The van der Waals surface area contributed by atoms with Gasteiger partial charge in [-0.05, 0) is 37.8 Å². The van der Waals surface area contributed by atoms with E-state index in [0.29, 0.717) is 6.04 Å². The van der Waals surface area contributed by atoms with Crippen molar-refractivity contribution in [1.29, 1.82) is 0 Å². The molecule has 1 aliphatic heterocycles. The molecule has 0 radical (unpaired) electrons. The molecular weight excluding hydrogens is 306 g/mol. The van der Waals surface area contributed by atoms with Gasteiger partial charge < -0.3 is 10.2 Å². The second-order valence-corrected chi connectivity index (χ2v) is 7.72. The monoisotopic (exact) mass is 329 g/mol. The minimum Gasteiger partial charge on any atom is -0.353 e. The maximum atomic E-state index is 12.4. The van der Waals surface area contributed by atoms with Crippen molar-refractivity contribution >= 4 is 32.6 Å². The number of nitrogens with zero attached hydrogens (tertiary/aromatic N) is 2. The van der Waals surface area contributed by atoms with Crippen LogP contribution in [0.15, 0.2) is 24.3 Å². The van der Waals surface area contributed by atoms with Crippen molar-refractivity contribution in [3.63, 3.8) is 0 Å². The van der Waals surface area contributed by atoms with E-state index in [4.69, 9.17) is 4.98 Å². The van der Waals surface area contributed by atoms with Gasteiger partial charge >= 0.3 is 0 Å². The number of hydrogen-bond acceptors (Lipinski definition) is 4. The van der Waals surface area contributed by atoms with Crippen molar-refractivity contribution in [2.24, 2.45) is 5.92 Å². The molecule has 2 heterocycles. The summed E-state index contributed by atoms with van der Waals surface area (Å²) in [5.74, 6) is 0.460. The van der Waals surface area contributed by atoms with Crippen LogP contribution in [-0.2, 0) is 4.79 Å². The molecule has 23 heavy (non-hydrogen) atoms. The lowest BCUT2D eigenvalue weighted by Crippen LogP contribution is -2.43. The molecule has 5 heteroatoms. The Hall–Kier alpha value is -1.62. The third-order valence-corrected chi connectivity index (χ3v) is 6.22. The first-order chi connectivity index (χ1) is 11.3. The minimum atomic E-state index is 0.182. The van der Waals surface area contributed by atoms with Crippen molar-refractivity contribution in [2.45, 2.75) is 44.6 Å². The van der Waals surface area contributed by atoms with E-state index >= 15 is 0 Å². The predicted octanol–water partition coefficient (Wildman–Crippen LogP) is 3.57. The van der Waals surface area contributed by atoms with Gasteiger partial charge in [0.2, 0.25) is 5.91 Å². The number of amides is 1. The van der Waals surface area contributed by atoms with E-state index in [1.54, 1.807) is 11.3 Å². The van der Waals surface area contributed by atoms with Crippen LogP contribution in [0.3, 0.4) is 0 Å². The highest BCUT2D eigenvalue weighted by atomic mass is 32.1. The minimum absolute atomic E-state index is 0.182. The quantitative estimate of drug-likeness (QED) is 0.936. The average Bonchev–Trinajstić information content (AvgIpc) is 3.24. The third kappa shape index (κ3) is 3.20. The number of aromatic nitrogens is 1. The standard InChI is InChI=1S/C18H23N3OS/c22-17(19-14-5-1-2-6-14)13-9-11-21(12-10-13)18-20-15-7-3-4-8-16(15)23-18/h3-4,7-8,13-14H,1-2,5-6,9-12H2,(H,19,22). The Balaban J connectivity index is 1.35. The molecule has 1 amide bonds. The molecule has 0 bridgehead atoms. The lowest BCUT2D eigenvalue weighted by Gasteiger charge is -2.31. The summed E-state index contributed by atoms with van der Waals surface area (Å²) in [5, 5.41) is 4.35. The van der Waals surface area contributed by atoms with Crippen LogP contribution in [0.25, 0.3) is 10.2 Å². The summed E-state index contributed by atoms with van der Waals surface area (Å²) in [6.07, 6.45) is 6.73. The fraction of sp³-hybridized carbons (Fsp3) is 0.556. The van der Waals surface area contributed by atoms with Crippen molar-refractivity contribution in [3.8, 4) is 0 Å². The van der Waals surface area contributed by atoms with E-state index in [1.807, 2.05) is 6.07 Å². The summed E-state index contributed by atoms with van der Waals surface area (Å²) in [7, 11) is 0. The van der Waals surface area contributed by atoms with Gasteiger partial charge in [-0.2, -0.15) is 0 Å². The van der Waals surface area contributed by atoms with Crippen molar-refractivity contribution in [3.05, 3.63) is 24.3 Å². The van der Waals surface area contributed by atoms with E-state index < -0.39 is 0 Å². The number of thiazole rings is 1. The van der Waals surface area contributed by atoms with Crippen molar-refractivity contribution in [1.82, 2.24) is 10.3 Å². The summed E-state index contributed by atoms with van der Waals surface area (Å²) in [6, 6.07) is 8.72. The van der Waals surface area contributed by atoms with Gasteiger partial charge in [0, 0.05) is 25.0 Å². The van der Waals surface area contributed by atoms with Crippen LogP contribution in [0.5, 0.6) is 0 Å². The number of rotatable bonds is 3. The first-order valence-corrected chi connectivity index (χ1v) is 9.52. The van der Waals surface area contributed by atoms with E-state index in [9.17, 15) is 4.79 Å². The molecule has 0 spiro atoms. The largest absolute Gasteiger partial charge is 0.353 e. The SMILES string of the molecule is O=C(NC1CCCC1)C1CCN(c2nc3ccccc3s2)CC1. The fourth-order valence-corrected chi connectivity index (χ4v) is 4.73. The van der Waals surface area contributed by atoms with Gasteiger partial charge in [0.25, 0.3) is 0 Å². The Morgan fingerprint density at radius 2 is 1.87 bits per heavy atom. The van der Waals surface area contributed by atoms with Crippen LogP contribution < -0.4 is 10.2 Å². The topological polar surface area (TPSA) is 45.2 Å².